The van der Waals surface area contributed by atoms with E-state index in [-0.39, 0.29) is 6.61 Å². The molecule has 0 saturated heterocycles. The van der Waals surface area contributed by atoms with Crippen molar-refractivity contribution in [3.63, 3.8) is 0 Å². The van der Waals surface area contributed by atoms with Crippen LogP contribution in [0.3, 0.4) is 0 Å². The lowest BCUT2D eigenvalue weighted by Crippen LogP contribution is -1.95. The number of rotatable bonds is 6. The Morgan fingerprint density at radius 1 is 1.32 bits per heavy atom. The van der Waals surface area contributed by atoms with Crippen LogP contribution in [0.2, 0.25) is 0 Å². The lowest BCUT2D eigenvalue weighted by molar-refractivity contribution is 0.252. The quantitative estimate of drug-likeness (QED) is 0.651. The molecule has 3 rings (SSSR count). The smallest absolute Gasteiger partial charge is 0.277 e. The highest BCUT2D eigenvalue weighted by Gasteiger charge is 2.09. The molecule has 0 unspecified atom stereocenters. The number of imidazole rings is 1. The van der Waals surface area contributed by atoms with Gasteiger partial charge in [0, 0.05) is 19.4 Å². The van der Waals surface area contributed by atoms with Crippen molar-refractivity contribution in [2.75, 3.05) is 0 Å². The maximum Gasteiger partial charge on any atom is 0.277 e. The van der Waals surface area contributed by atoms with Crippen LogP contribution in [-0.2, 0) is 19.4 Å². The maximum atomic E-state index is 5.63. The average molecular weight is 316 g/mol. The highest BCUT2D eigenvalue weighted by Crippen LogP contribution is 2.21. The number of ether oxygens (including phenoxy) is 1. The molecule has 7 heteroatoms. The van der Waals surface area contributed by atoms with E-state index in [1.165, 1.54) is 11.8 Å². The Hall–Kier alpha value is -2.28. The van der Waals surface area contributed by atoms with Gasteiger partial charge >= 0.3 is 0 Å². The Morgan fingerprint density at radius 3 is 3.00 bits per heavy atom. The van der Waals surface area contributed by atoms with Gasteiger partial charge in [0.1, 0.15) is 11.6 Å². The number of hydrogen-bond acceptors (Lipinski definition) is 6. The van der Waals surface area contributed by atoms with Gasteiger partial charge in [0.2, 0.25) is 0 Å². The van der Waals surface area contributed by atoms with Crippen LogP contribution >= 0.6 is 11.8 Å². The van der Waals surface area contributed by atoms with E-state index in [9.17, 15) is 0 Å². The van der Waals surface area contributed by atoms with Gasteiger partial charge in [0.05, 0.1) is 5.75 Å². The predicted molar refractivity (Wildman–Crippen MR) is 82.6 cm³/mol. The first-order valence-electron chi connectivity index (χ1n) is 6.81. The fourth-order valence-corrected chi connectivity index (χ4v) is 2.65. The van der Waals surface area contributed by atoms with Gasteiger partial charge in [-0.1, -0.05) is 23.9 Å². The highest BCUT2D eigenvalue weighted by atomic mass is 32.2. The summed E-state index contributed by atoms with van der Waals surface area (Å²) in [5.74, 6) is 2.90. The van der Waals surface area contributed by atoms with Crippen molar-refractivity contribution < 1.29 is 9.15 Å². The van der Waals surface area contributed by atoms with Crippen LogP contribution in [0.5, 0.6) is 5.75 Å². The fourth-order valence-electron chi connectivity index (χ4n) is 1.87. The SMILES string of the molecule is Cc1cccc(OCc2nnc(SCc3nccn3C)o2)c1. The van der Waals surface area contributed by atoms with Gasteiger partial charge in [-0.3, -0.25) is 0 Å². The van der Waals surface area contributed by atoms with Gasteiger partial charge in [0.25, 0.3) is 11.1 Å². The van der Waals surface area contributed by atoms with E-state index in [1.54, 1.807) is 6.20 Å². The Bertz CT molecular complexity index is 753. The Balaban J connectivity index is 1.54. The second-order valence-electron chi connectivity index (χ2n) is 4.81. The molecule has 0 bridgehead atoms. The molecule has 0 radical (unpaired) electrons. The number of hydrogen-bond donors (Lipinski definition) is 0. The van der Waals surface area contributed by atoms with Crippen LogP contribution in [0.1, 0.15) is 17.3 Å². The third-order valence-electron chi connectivity index (χ3n) is 3.05. The van der Waals surface area contributed by atoms with E-state index in [1.807, 2.05) is 49.0 Å². The molecule has 2 heterocycles. The first kappa shape index (κ1) is 14.6. The molecule has 114 valence electrons. The minimum atomic E-state index is 0.263. The van der Waals surface area contributed by atoms with Gasteiger partial charge in [-0.15, -0.1) is 10.2 Å². The Morgan fingerprint density at radius 2 is 2.23 bits per heavy atom. The zero-order chi connectivity index (χ0) is 15.4. The molecule has 0 saturated carbocycles. The fraction of sp³-hybridized carbons (Fsp3) is 0.267. The monoisotopic (exact) mass is 316 g/mol. The standard InChI is InChI=1S/C15H16N4O2S/c1-11-4-3-5-12(8-11)20-9-14-17-18-15(21-14)22-10-13-16-6-7-19(13)2/h3-8H,9-10H2,1-2H3. The number of nitrogens with zero attached hydrogens (tertiary/aromatic N) is 4. The van der Waals surface area contributed by atoms with E-state index in [2.05, 4.69) is 15.2 Å². The van der Waals surface area contributed by atoms with Crippen molar-refractivity contribution in [3.05, 3.63) is 53.9 Å². The third-order valence-corrected chi connectivity index (χ3v) is 3.86. The second-order valence-corrected chi connectivity index (χ2v) is 5.74. The summed E-state index contributed by atoms with van der Waals surface area (Å²) >= 11 is 1.46. The minimum Gasteiger partial charge on any atom is -0.484 e. The van der Waals surface area contributed by atoms with Crippen molar-refractivity contribution >= 4 is 11.8 Å². The van der Waals surface area contributed by atoms with E-state index in [4.69, 9.17) is 9.15 Å². The first-order valence-corrected chi connectivity index (χ1v) is 7.80. The molecule has 1 aromatic carbocycles. The topological polar surface area (TPSA) is 66.0 Å². The van der Waals surface area contributed by atoms with Crippen LogP contribution in [0.15, 0.2) is 46.3 Å². The molecule has 22 heavy (non-hydrogen) atoms. The van der Waals surface area contributed by atoms with Crippen LogP contribution < -0.4 is 4.74 Å². The van der Waals surface area contributed by atoms with Crippen LogP contribution in [0, 0.1) is 6.92 Å². The number of benzene rings is 1. The maximum absolute atomic E-state index is 5.63. The second kappa shape index (κ2) is 6.65. The van der Waals surface area contributed by atoms with Crippen molar-refractivity contribution in [2.24, 2.45) is 7.05 Å². The molecule has 0 aliphatic rings. The van der Waals surface area contributed by atoms with Gasteiger partial charge < -0.3 is 13.7 Å². The molecular formula is C15H16N4O2S. The van der Waals surface area contributed by atoms with Gasteiger partial charge in [0.15, 0.2) is 6.61 Å². The molecular weight excluding hydrogens is 300 g/mol. The third kappa shape index (κ3) is 3.67. The molecule has 0 aliphatic heterocycles. The summed E-state index contributed by atoms with van der Waals surface area (Å²) in [6.45, 7) is 2.28. The van der Waals surface area contributed by atoms with Crippen molar-refractivity contribution in [2.45, 2.75) is 24.5 Å². The highest BCUT2D eigenvalue weighted by molar-refractivity contribution is 7.98. The number of thioether (sulfide) groups is 1. The number of aromatic nitrogens is 4. The zero-order valence-corrected chi connectivity index (χ0v) is 13.2. The summed E-state index contributed by atoms with van der Waals surface area (Å²) < 4.78 is 13.1. The molecule has 0 N–H and O–H groups in total. The summed E-state index contributed by atoms with van der Waals surface area (Å²) in [5, 5.41) is 8.51. The summed E-state index contributed by atoms with van der Waals surface area (Å²) in [5.41, 5.74) is 1.15. The van der Waals surface area contributed by atoms with E-state index < -0.39 is 0 Å². The number of aryl methyl sites for hydroxylation is 2. The molecule has 6 nitrogen and oxygen atoms in total. The molecule has 2 aromatic heterocycles. The largest absolute Gasteiger partial charge is 0.484 e. The van der Waals surface area contributed by atoms with E-state index in [0.29, 0.717) is 16.9 Å². The predicted octanol–water partition coefficient (Wildman–Crippen LogP) is 2.98. The van der Waals surface area contributed by atoms with E-state index in [0.717, 1.165) is 17.1 Å². The molecule has 0 aliphatic carbocycles. The van der Waals surface area contributed by atoms with Crippen molar-refractivity contribution in [1.82, 2.24) is 19.7 Å². The summed E-state index contributed by atoms with van der Waals surface area (Å²) in [7, 11) is 1.96. The molecule has 0 fully saturated rings. The van der Waals surface area contributed by atoms with Gasteiger partial charge in [-0.05, 0) is 24.6 Å². The summed E-state index contributed by atoms with van der Waals surface area (Å²) in [6.07, 6.45) is 3.68. The minimum absolute atomic E-state index is 0.263. The lowest BCUT2D eigenvalue weighted by atomic mass is 10.2. The van der Waals surface area contributed by atoms with Gasteiger partial charge in [-0.25, -0.2) is 4.98 Å². The summed E-state index contributed by atoms with van der Waals surface area (Å²) in [4.78, 5) is 4.25. The average Bonchev–Trinajstić information content (AvgIpc) is 3.12. The van der Waals surface area contributed by atoms with Crippen molar-refractivity contribution in [1.29, 1.82) is 0 Å². The first-order chi connectivity index (χ1) is 10.7. The van der Waals surface area contributed by atoms with Crippen LogP contribution in [0.4, 0.5) is 0 Å². The lowest BCUT2D eigenvalue weighted by Gasteiger charge is -2.03. The zero-order valence-electron chi connectivity index (χ0n) is 12.4. The van der Waals surface area contributed by atoms with Crippen LogP contribution in [0.25, 0.3) is 0 Å². The molecule has 3 aromatic rings. The molecule has 0 atom stereocenters. The summed E-state index contributed by atoms with van der Waals surface area (Å²) in [6, 6.07) is 7.84. The normalized spacial score (nSPS) is 10.8. The van der Waals surface area contributed by atoms with E-state index >= 15 is 0 Å². The molecule has 0 spiro atoms. The van der Waals surface area contributed by atoms with Gasteiger partial charge in [-0.2, -0.15) is 0 Å². The Kier molecular flexibility index (Phi) is 4.43. The molecule has 0 amide bonds. The van der Waals surface area contributed by atoms with Crippen molar-refractivity contribution in [3.8, 4) is 5.75 Å². The van der Waals surface area contributed by atoms with Crippen LogP contribution in [-0.4, -0.2) is 19.7 Å². The Labute approximate surface area is 132 Å².